The summed E-state index contributed by atoms with van der Waals surface area (Å²) < 4.78 is 43.3. The van der Waals surface area contributed by atoms with Crippen LogP contribution in [0.25, 0.3) is 0 Å². The van der Waals surface area contributed by atoms with Gasteiger partial charge in [-0.15, -0.1) is 0 Å². The Bertz CT molecular complexity index is 1310. The van der Waals surface area contributed by atoms with Gasteiger partial charge in [0.15, 0.2) is 0 Å². The molecule has 1 heterocycles. The fraction of sp³-hybridized carbons (Fsp3) is 0.379. The van der Waals surface area contributed by atoms with E-state index in [2.05, 4.69) is 21.8 Å². The van der Waals surface area contributed by atoms with Crippen molar-refractivity contribution in [3.05, 3.63) is 89.0 Å². The van der Waals surface area contributed by atoms with Gasteiger partial charge in [0.1, 0.15) is 0 Å². The molecule has 2 N–H and O–H groups in total. The van der Waals surface area contributed by atoms with Crippen molar-refractivity contribution < 1.29 is 22.8 Å². The average molecular weight is 555 g/mol. The van der Waals surface area contributed by atoms with Crippen LogP contribution in [0.4, 0.5) is 18.0 Å². The van der Waals surface area contributed by atoms with Gasteiger partial charge in [0.25, 0.3) is 5.91 Å². The van der Waals surface area contributed by atoms with Crippen LogP contribution in [0.5, 0.6) is 0 Å². The van der Waals surface area contributed by atoms with Crippen LogP contribution in [0.1, 0.15) is 67.0 Å². The van der Waals surface area contributed by atoms with Crippen LogP contribution >= 0.6 is 0 Å². The average Bonchev–Trinajstić information content (AvgIpc) is 3.39. The number of halogens is 3. The molecular formula is C29H33F3N6O2. The van der Waals surface area contributed by atoms with Crippen LogP contribution in [0.15, 0.2) is 61.1 Å². The van der Waals surface area contributed by atoms with Gasteiger partial charge in [-0.25, -0.2) is 15.2 Å². The van der Waals surface area contributed by atoms with Gasteiger partial charge in [-0.2, -0.15) is 23.4 Å². The van der Waals surface area contributed by atoms with Crippen molar-refractivity contribution in [3.8, 4) is 6.07 Å². The Hall–Kier alpha value is -4.17. The van der Waals surface area contributed by atoms with Crippen LogP contribution in [-0.2, 0) is 23.9 Å². The Balaban J connectivity index is 2.04. The van der Waals surface area contributed by atoms with E-state index in [0.717, 1.165) is 23.1 Å². The van der Waals surface area contributed by atoms with Crippen LogP contribution in [-0.4, -0.2) is 39.6 Å². The van der Waals surface area contributed by atoms with Gasteiger partial charge < -0.3 is 9.88 Å². The first-order chi connectivity index (χ1) is 19.2. The van der Waals surface area contributed by atoms with E-state index < -0.39 is 29.6 Å². The first kappa shape index (κ1) is 30.4. The van der Waals surface area contributed by atoms with Crippen molar-refractivity contribution in [2.45, 2.75) is 58.2 Å². The zero-order valence-electron chi connectivity index (χ0n) is 22.5. The number of hydrogen-bond acceptors (Lipinski definition) is 5. The standard InChI is InChI=1S/C29H33F3N6O2/c1-3-5-15-35-28(40)38(36-14-4-2)27(39)24(16-23-8-6-7-9-25(23)29(30,31)32)26-18-34-20-37(26)19-22-12-10-21(17-33)11-13-22/h6-13,18,20,24,36H,3-5,14-16,19H2,1-2H3,(H,35,40). The second kappa shape index (κ2) is 14.3. The molecule has 1 atom stereocenters. The van der Waals surface area contributed by atoms with E-state index in [9.17, 15) is 22.8 Å². The highest BCUT2D eigenvalue weighted by molar-refractivity contribution is 5.97. The molecule has 0 aliphatic carbocycles. The highest BCUT2D eigenvalue weighted by atomic mass is 19.4. The number of urea groups is 1. The van der Waals surface area contributed by atoms with Crippen LogP contribution in [0, 0.1) is 11.3 Å². The molecule has 3 aromatic rings. The normalized spacial score (nSPS) is 12.0. The first-order valence-corrected chi connectivity index (χ1v) is 13.2. The maximum atomic E-state index is 14.0. The molecule has 0 saturated carbocycles. The Morgan fingerprint density at radius 1 is 1.07 bits per heavy atom. The van der Waals surface area contributed by atoms with Crippen LogP contribution < -0.4 is 10.7 Å². The monoisotopic (exact) mass is 554 g/mol. The van der Waals surface area contributed by atoms with Crippen molar-refractivity contribution >= 4 is 11.9 Å². The van der Waals surface area contributed by atoms with Gasteiger partial charge in [0.05, 0.1) is 35.1 Å². The topological polar surface area (TPSA) is 103 Å². The number of nitriles is 1. The highest BCUT2D eigenvalue weighted by Gasteiger charge is 2.37. The molecule has 0 spiro atoms. The van der Waals surface area contributed by atoms with E-state index >= 15 is 0 Å². The second-order valence-corrected chi connectivity index (χ2v) is 9.33. The summed E-state index contributed by atoms with van der Waals surface area (Å²) in [4.78, 5) is 31.3. The van der Waals surface area contributed by atoms with Gasteiger partial charge in [-0.3, -0.25) is 4.79 Å². The summed E-state index contributed by atoms with van der Waals surface area (Å²) >= 11 is 0. The van der Waals surface area contributed by atoms with E-state index in [4.69, 9.17) is 5.26 Å². The van der Waals surface area contributed by atoms with Gasteiger partial charge >= 0.3 is 12.2 Å². The fourth-order valence-electron chi connectivity index (χ4n) is 4.23. The summed E-state index contributed by atoms with van der Waals surface area (Å²) in [6.07, 6.45) is 0.169. The highest BCUT2D eigenvalue weighted by Crippen LogP contribution is 2.35. The Kier molecular flexibility index (Phi) is 10.8. The summed E-state index contributed by atoms with van der Waals surface area (Å²) in [5.74, 6) is -1.85. The van der Waals surface area contributed by atoms with Crippen molar-refractivity contribution in [2.24, 2.45) is 0 Å². The molecule has 0 aliphatic heterocycles. The van der Waals surface area contributed by atoms with E-state index in [-0.39, 0.29) is 18.5 Å². The third-order valence-electron chi connectivity index (χ3n) is 6.33. The predicted octanol–water partition coefficient (Wildman–Crippen LogP) is 5.40. The minimum absolute atomic E-state index is 0.0682. The number of nitrogens with zero attached hydrogens (tertiary/aromatic N) is 4. The summed E-state index contributed by atoms with van der Waals surface area (Å²) in [7, 11) is 0. The van der Waals surface area contributed by atoms with Gasteiger partial charge in [-0.1, -0.05) is 50.6 Å². The molecule has 1 aromatic heterocycles. The molecule has 40 heavy (non-hydrogen) atoms. The molecule has 0 fully saturated rings. The summed E-state index contributed by atoms with van der Waals surface area (Å²) in [6, 6.07) is 13.3. The van der Waals surface area contributed by atoms with Gasteiger partial charge in [0.2, 0.25) is 0 Å². The third kappa shape index (κ3) is 7.93. The molecule has 0 aliphatic rings. The molecule has 11 heteroatoms. The molecule has 2 aromatic carbocycles. The molecule has 8 nitrogen and oxygen atoms in total. The number of carbonyl (C=O) groups excluding carboxylic acids is 2. The molecule has 1 unspecified atom stereocenters. The van der Waals surface area contributed by atoms with Crippen LogP contribution in [0.2, 0.25) is 0 Å². The zero-order chi connectivity index (χ0) is 29.1. The largest absolute Gasteiger partial charge is 0.416 e. The van der Waals surface area contributed by atoms with Gasteiger partial charge in [0, 0.05) is 25.8 Å². The van der Waals surface area contributed by atoms with E-state index in [0.29, 0.717) is 37.2 Å². The second-order valence-electron chi connectivity index (χ2n) is 9.33. The maximum absolute atomic E-state index is 14.0. The van der Waals surface area contributed by atoms with Crippen molar-refractivity contribution in [2.75, 3.05) is 13.1 Å². The van der Waals surface area contributed by atoms with Crippen LogP contribution in [0.3, 0.4) is 0 Å². The molecule has 212 valence electrons. The number of imidazole rings is 1. The lowest BCUT2D eigenvalue weighted by atomic mass is 9.92. The first-order valence-electron chi connectivity index (χ1n) is 13.2. The molecule has 3 rings (SSSR count). The SMILES string of the molecule is CCCCNC(=O)N(NCCC)C(=O)C(Cc1ccccc1C(F)(F)F)c1cncn1Cc1ccc(C#N)cc1. The number of carbonyl (C=O) groups is 2. The van der Waals surface area contributed by atoms with Crippen molar-refractivity contribution in [1.29, 1.82) is 5.26 Å². The predicted molar refractivity (Wildman–Crippen MR) is 144 cm³/mol. The smallest absolute Gasteiger partial charge is 0.336 e. The molecule has 0 saturated heterocycles. The number of hydrazine groups is 1. The Morgan fingerprint density at radius 2 is 1.80 bits per heavy atom. The Labute approximate surface area is 231 Å². The molecule has 0 bridgehead atoms. The van der Waals surface area contributed by atoms with E-state index in [1.54, 1.807) is 28.8 Å². The lowest BCUT2D eigenvalue weighted by molar-refractivity contribution is -0.139. The molecular weight excluding hydrogens is 521 g/mol. The maximum Gasteiger partial charge on any atom is 0.416 e. The molecule has 3 amide bonds. The quantitative estimate of drug-likeness (QED) is 0.231. The van der Waals surface area contributed by atoms with E-state index in [1.165, 1.54) is 30.7 Å². The van der Waals surface area contributed by atoms with E-state index in [1.807, 2.05) is 13.8 Å². The number of nitrogens with one attached hydrogen (secondary N) is 2. The summed E-state index contributed by atoms with van der Waals surface area (Å²) in [5.41, 5.74) is 3.58. The number of benzene rings is 2. The fourth-order valence-corrected chi connectivity index (χ4v) is 4.23. The zero-order valence-corrected chi connectivity index (χ0v) is 22.5. The number of aromatic nitrogens is 2. The number of amides is 3. The summed E-state index contributed by atoms with van der Waals surface area (Å²) in [6.45, 7) is 4.76. The molecule has 0 radical (unpaired) electrons. The minimum atomic E-state index is -4.62. The number of alkyl halides is 3. The third-order valence-corrected chi connectivity index (χ3v) is 6.33. The number of hydrogen-bond donors (Lipinski definition) is 2. The van der Waals surface area contributed by atoms with Gasteiger partial charge in [-0.05, 0) is 48.6 Å². The minimum Gasteiger partial charge on any atom is -0.336 e. The van der Waals surface area contributed by atoms with Crippen molar-refractivity contribution in [3.63, 3.8) is 0 Å². The van der Waals surface area contributed by atoms with Crippen molar-refractivity contribution in [1.82, 2.24) is 25.3 Å². The summed E-state index contributed by atoms with van der Waals surface area (Å²) in [5, 5.41) is 12.7. The number of rotatable bonds is 12. The Morgan fingerprint density at radius 3 is 2.45 bits per heavy atom. The lowest BCUT2D eigenvalue weighted by Crippen LogP contribution is -2.54. The number of unbranched alkanes of at least 4 members (excludes halogenated alkanes) is 1. The number of imide groups is 1. The lowest BCUT2D eigenvalue weighted by Gasteiger charge is -2.28.